The van der Waals surface area contributed by atoms with Gasteiger partial charge >= 0.3 is 5.97 Å². The second kappa shape index (κ2) is 6.89. The lowest BCUT2D eigenvalue weighted by Gasteiger charge is -2.05. The summed E-state index contributed by atoms with van der Waals surface area (Å²) in [6.45, 7) is 1.94. The molecule has 0 aliphatic carbocycles. The summed E-state index contributed by atoms with van der Waals surface area (Å²) in [4.78, 5) is 27.5. The summed E-state index contributed by atoms with van der Waals surface area (Å²) >= 11 is 12.8. The monoisotopic (exact) mass is 344 g/mol. The summed E-state index contributed by atoms with van der Waals surface area (Å²) in [5, 5.41) is 4.98. The molecule has 2 rings (SSSR count). The molecule has 1 amide bonds. The fourth-order valence-electron chi connectivity index (χ4n) is 1.44. The molecule has 0 aliphatic heterocycles. The first-order valence-corrected chi connectivity index (χ1v) is 7.54. The number of esters is 1. The van der Waals surface area contributed by atoms with E-state index in [4.69, 9.17) is 27.9 Å². The summed E-state index contributed by atoms with van der Waals surface area (Å²) in [6.07, 6.45) is 0. The van der Waals surface area contributed by atoms with Gasteiger partial charge in [0, 0.05) is 10.4 Å². The molecule has 2 aromatic rings. The van der Waals surface area contributed by atoms with E-state index in [0.29, 0.717) is 15.7 Å². The van der Waals surface area contributed by atoms with Crippen LogP contribution in [0.15, 0.2) is 23.6 Å². The van der Waals surface area contributed by atoms with E-state index < -0.39 is 11.9 Å². The molecule has 0 saturated carbocycles. The van der Waals surface area contributed by atoms with Crippen molar-refractivity contribution in [1.82, 2.24) is 4.98 Å². The molecular weight excluding hydrogens is 335 g/mol. The number of anilines is 1. The Morgan fingerprint density at radius 3 is 2.86 bits per heavy atom. The predicted molar refractivity (Wildman–Crippen MR) is 82.5 cm³/mol. The zero-order valence-corrected chi connectivity index (χ0v) is 13.2. The number of nitrogens with one attached hydrogen (secondary N) is 1. The third-order valence-electron chi connectivity index (χ3n) is 2.36. The van der Waals surface area contributed by atoms with Crippen molar-refractivity contribution in [2.24, 2.45) is 0 Å². The minimum atomic E-state index is -0.553. The van der Waals surface area contributed by atoms with Gasteiger partial charge < -0.3 is 10.1 Å². The molecule has 0 bridgehead atoms. The second-order valence-electron chi connectivity index (χ2n) is 3.84. The lowest BCUT2D eigenvalue weighted by Crippen LogP contribution is -2.13. The number of amides is 1. The highest BCUT2D eigenvalue weighted by Gasteiger charge is 2.17. The van der Waals surface area contributed by atoms with Crippen LogP contribution >= 0.6 is 34.5 Å². The van der Waals surface area contributed by atoms with Crippen LogP contribution in [0.4, 0.5) is 5.69 Å². The zero-order chi connectivity index (χ0) is 15.4. The Kier molecular flexibility index (Phi) is 5.17. The van der Waals surface area contributed by atoms with Gasteiger partial charge in [-0.25, -0.2) is 9.78 Å². The summed E-state index contributed by atoms with van der Waals surface area (Å²) in [5.41, 5.74) is 0.485. The van der Waals surface area contributed by atoms with Crippen molar-refractivity contribution in [2.75, 3.05) is 11.9 Å². The molecule has 0 saturated heterocycles. The van der Waals surface area contributed by atoms with Crippen LogP contribution < -0.4 is 5.32 Å². The van der Waals surface area contributed by atoms with E-state index in [1.54, 1.807) is 19.1 Å². The van der Waals surface area contributed by atoms with Crippen molar-refractivity contribution < 1.29 is 14.3 Å². The molecule has 0 fully saturated rings. The first-order valence-electron chi connectivity index (χ1n) is 5.90. The molecule has 110 valence electrons. The summed E-state index contributed by atoms with van der Waals surface area (Å²) in [5.74, 6) is -1.03. The van der Waals surface area contributed by atoms with E-state index in [2.05, 4.69) is 10.3 Å². The number of hydrogen-bond donors (Lipinski definition) is 1. The largest absolute Gasteiger partial charge is 0.461 e. The number of ether oxygens (including phenoxy) is 1. The molecule has 1 aromatic heterocycles. The lowest BCUT2D eigenvalue weighted by molar-refractivity contribution is 0.0526. The van der Waals surface area contributed by atoms with Gasteiger partial charge in [0.15, 0.2) is 0 Å². The Bertz CT molecular complexity index is 688. The summed E-state index contributed by atoms with van der Waals surface area (Å²) < 4.78 is 4.81. The SMILES string of the molecule is CCOC(=O)c1nc(C(=O)Nc2cc(Cl)ccc2Cl)cs1. The van der Waals surface area contributed by atoms with Crippen LogP contribution in [0.2, 0.25) is 10.0 Å². The number of benzene rings is 1. The van der Waals surface area contributed by atoms with E-state index in [9.17, 15) is 9.59 Å². The van der Waals surface area contributed by atoms with Crippen LogP contribution in [0.3, 0.4) is 0 Å². The van der Waals surface area contributed by atoms with Gasteiger partial charge in [-0.05, 0) is 25.1 Å². The standard InChI is InChI=1S/C13H10Cl2N2O3S/c1-2-20-13(19)12-17-10(6-21-12)11(18)16-9-5-7(14)3-4-8(9)15/h3-6H,2H2,1H3,(H,16,18). The average molecular weight is 345 g/mol. The second-order valence-corrected chi connectivity index (χ2v) is 5.54. The molecule has 1 aromatic carbocycles. The normalized spacial score (nSPS) is 10.2. The Morgan fingerprint density at radius 1 is 1.38 bits per heavy atom. The Morgan fingerprint density at radius 2 is 2.14 bits per heavy atom. The van der Waals surface area contributed by atoms with Crippen molar-refractivity contribution >= 4 is 52.1 Å². The van der Waals surface area contributed by atoms with E-state index in [1.807, 2.05) is 0 Å². The number of rotatable bonds is 4. The van der Waals surface area contributed by atoms with Crippen molar-refractivity contribution in [3.63, 3.8) is 0 Å². The third kappa shape index (κ3) is 3.93. The van der Waals surface area contributed by atoms with Crippen molar-refractivity contribution in [3.8, 4) is 0 Å². The van der Waals surface area contributed by atoms with Crippen LogP contribution in [0.25, 0.3) is 0 Å². The smallest absolute Gasteiger partial charge is 0.367 e. The number of carbonyl (C=O) groups is 2. The fourth-order valence-corrected chi connectivity index (χ4v) is 2.47. The predicted octanol–water partition coefficient (Wildman–Crippen LogP) is 3.88. The molecule has 8 heteroatoms. The Hall–Kier alpha value is -1.63. The maximum Gasteiger partial charge on any atom is 0.367 e. The molecule has 1 heterocycles. The number of carbonyl (C=O) groups excluding carboxylic acids is 2. The Labute approximate surface area is 134 Å². The molecule has 0 unspecified atom stereocenters. The van der Waals surface area contributed by atoms with Gasteiger partial charge in [-0.1, -0.05) is 23.2 Å². The van der Waals surface area contributed by atoms with E-state index in [0.717, 1.165) is 11.3 Å². The summed E-state index contributed by atoms with van der Waals surface area (Å²) in [6, 6.07) is 4.71. The highest BCUT2D eigenvalue weighted by molar-refractivity contribution is 7.11. The van der Waals surface area contributed by atoms with Crippen LogP contribution in [0, 0.1) is 0 Å². The molecular formula is C13H10Cl2N2O3S. The first-order chi connectivity index (χ1) is 10.0. The minimum absolute atomic E-state index is 0.110. The van der Waals surface area contributed by atoms with Crippen LogP contribution in [-0.4, -0.2) is 23.5 Å². The number of nitrogens with zero attached hydrogens (tertiary/aromatic N) is 1. The van der Waals surface area contributed by atoms with Gasteiger partial charge in [-0.3, -0.25) is 4.79 Å². The van der Waals surface area contributed by atoms with Crippen LogP contribution in [-0.2, 0) is 4.74 Å². The fraction of sp³-hybridized carbons (Fsp3) is 0.154. The Balaban J connectivity index is 2.14. The van der Waals surface area contributed by atoms with Crippen LogP contribution in [0.1, 0.15) is 27.2 Å². The van der Waals surface area contributed by atoms with Gasteiger partial charge in [-0.2, -0.15) is 0 Å². The van der Waals surface area contributed by atoms with Gasteiger partial charge in [-0.15, -0.1) is 11.3 Å². The molecule has 0 aliphatic rings. The van der Waals surface area contributed by atoms with Gasteiger partial charge in [0.2, 0.25) is 5.01 Å². The maximum atomic E-state index is 12.1. The van der Waals surface area contributed by atoms with Gasteiger partial charge in [0.25, 0.3) is 5.91 Å². The molecule has 21 heavy (non-hydrogen) atoms. The highest BCUT2D eigenvalue weighted by atomic mass is 35.5. The quantitative estimate of drug-likeness (QED) is 0.854. The molecule has 1 N–H and O–H groups in total. The molecule has 5 nitrogen and oxygen atoms in total. The summed E-state index contributed by atoms with van der Waals surface area (Å²) in [7, 11) is 0. The number of thiazole rings is 1. The number of aromatic nitrogens is 1. The van der Waals surface area contributed by atoms with Crippen molar-refractivity contribution in [2.45, 2.75) is 6.92 Å². The maximum absolute atomic E-state index is 12.1. The lowest BCUT2D eigenvalue weighted by atomic mass is 10.3. The van der Waals surface area contributed by atoms with E-state index in [-0.39, 0.29) is 17.3 Å². The van der Waals surface area contributed by atoms with E-state index >= 15 is 0 Å². The highest BCUT2D eigenvalue weighted by Crippen LogP contribution is 2.26. The van der Waals surface area contributed by atoms with Crippen molar-refractivity contribution in [1.29, 1.82) is 0 Å². The molecule has 0 radical (unpaired) electrons. The first kappa shape index (κ1) is 15.8. The minimum Gasteiger partial charge on any atom is -0.461 e. The van der Waals surface area contributed by atoms with Gasteiger partial charge in [0.1, 0.15) is 5.69 Å². The molecule has 0 atom stereocenters. The average Bonchev–Trinajstić information content (AvgIpc) is 2.93. The number of hydrogen-bond acceptors (Lipinski definition) is 5. The molecule has 0 spiro atoms. The van der Waals surface area contributed by atoms with E-state index in [1.165, 1.54) is 11.4 Å². The topological polar surface area (TPSA) is 68.3 Å². The zero-order valence-electron chi connectivity index (χ0n) is 10.9. The third-order valence-corrected chi connectivity index (χ3v) is 3.75. The number of halogens is 2. The van der Waals surface area contributed by atoms with Crippen molar-refractivity contribution in [3.05, 3.63) is 44.3 Å². The van der Waals surface area contributed by atoms with Gasteiger partial charge in [0.05, 0.1) is 17.3 Å². The van der Waals surface area contributed by atoms with Crippen LogP contribution in [0.5, 0.6) is 0 Å².